The summed E-state index contributed by atoms with van der Waals surface area (Å²) in [4.78, 5) is 14.8. The summed E-state index contributed by atoms with van der Waals surface area (Å²) >= 11 is 5.69. The van der Waals surface area contributed by atoms with Crippen molar-refractivity contribution in [1.82, 2.24) is 4.98 Å². The molecule has 0 bridgehead atoms. The standard InChI is InChI=1S/C10H10ClF2NO2/c1-5-7(10(12)13)3-6(14-9(5)11)4-8(15)16-2/h3,10H,4H2,1-2H3. The molecule has 3 nitrogen and oxygen atoms in total. The quantitative estimate of drug-likeness (QED) is 0.611. The van der Waals surface area contributed by atoms with E-state index in [0.717, 1.165) is 0 Å². The molecule has 0 fully saturated rings. The van der Waals surface area contributed by atoms with E-state index in [9.17, 15) is 13.6 Å². The molecule has 0 saturated heterocycles. The van der Waals surface area contributed by atoms with Crippen molar-refractivity contribution in [3.05, 3.63) is 28.0 Å². The molecule has 0 spiro atoms. The zero-order chi connectivity index (χ0) is 12.3. The summed E-state index contributed by atoms with van der Waals surface area (Å²) in [5.74, 6) is -0.548. The van der Waals surface area contributed by atoms with Gasteiger partial charge < -0.3 is 4.74 Å². The summed E-state index contributed by atoms with van der Waals surface area (Å²) in [6.07, 6.45) is -2.81. The highest BCUT2D eigenvalue weighted by Gasteiger charge is 2.16. The smallest absolute Gasteiger partial charge is 0.311 e. The molecule has 1 aromatic heterocycles. The Kier molecular flexibility index (Phi) is 4.18. The van der Waals surface area contributed by atoms with E-state index >= 15 is 0 Å². The molecule has 0 saturated carbocycles. The number of hydrogen-bond acceptors (Lipinski definition) is 3. The number of carbonyl (C=O) groups excluding carboxylic acids is 1. The number of esters is 1. The van der Waals surface area contributed by atoms with Crippen molar-refractivity contribution in [3.63, 3.8) is 0 Å². The highest BCUT2D eigenvalue weighted by molar-refractivity contribution is 6.30. The highest BCUT2D eigenvalue weighted by atomic mass is 35.5. The van der Waals surface area contributed by atoms with Crippen LogP contribution in [0.3, 0.4) is 0 Å². The number of halogens is 3. The molecule has 0 N–H and O–H groups in total. The maximum absolute atomic E-state index is 12.6. The van der Waals surface area contributed by atoms with Crippen molar-refractivity contribution < 1.29 is 18.3 Å². The lowest BCUT2D eigenvalue weighted by Crippen LogP contribution is -2.08. The van der Waals surface area contributed by atoms with Gasteiger partial charge >= 0.3 is 5.97 Å². The first-order chi connectivity index (χ1) is 7.45. The maximum atomic E-state index is 12.6. The number of aromatic nitrogens is 1. The average Bonchev–Trinajstić information content (AvgIpc) is 2.22. The number of hydrogen-bond donors (Lipinski definition) is 0. The largest absolute Gasteiger partial charge is 0.469 e. The minimum absolute atomic E-state index is 0.0169. The lowest BCUT2D eigenvalue weighted by atomic mass is 10.1. The second kappa shape index (κ2) is 5.21. The van der Waals surface area contributed by atoms with Crippen LogP contribution in [0, 0.1) is 6.92 Å². The number of alkyl halides is 2. The molecule has 0 unspecified atom stereocenters. The molecule has 6 heteroatoms. The van der Waals surface area contributed by atoms with Gasteiger partial charge in [0.05, 0.1) is 19.2 Å². The van der Waals surface area contributed by atoms with Crippen molar-refractivity contribution in [2.45, 2.75) is 19.8 Å². The molecule has 0 radical (unpaired) electrons. The van der Waals surface area contributed by atoms with E-state index in [2.05, 4.69) is 9.72 Å². The zero-order valence-corrected chi connectivity index (χ0v) is 9.52. The summed E-state index contributed by atoms with van der Waals surface area (Å²) in [6, 6.07) is 1.17. The SMILES string of the molecule is COC(=O)Cc1cc(C(F)F)c(C)c(Cl)n1. The Labute approximate surface area is 96.4 Å². The minimum Gasteiger partial charge on any atom is -0.469 e. The summed E-state index contributed by atoms with van der Waals surface area (Å²) in [5, 5.41) is -0.0169. The first-order valence-corrected chi connectivity index (χ1v) is 4.84. The minimum atomic E-state index is -2.64. The van der Waals surface area contributed by atoms with Crippen LogP contribution in [0.5, 0.6) is 0 Å². The van der Waals surface area contributed by atoms with Gasteiger partial charge in [-0.05, 0) is 18.6 Å². The Bertz CT molecular complexity index is 410. The Balaban J connectivity index is 3.09. The van der Waals surface area contributed by atoms with Crippen molar-refractivity contribution in [2.75, 3.05) is 7.11 Å². The van der Waals surface area contributed by atoms with E-state index in [1.165, 1.54) is 20.1 Å². The van der Waals surface area contributed by atoms with Crippen LogP contribution in [-0.4, -0.2) is 18.1 Å². The van der Waals surface area contributed by atoms with Gasteiger partial charge in [0, 0.05) is 5.56 Å². The van der Waals surface area contributed by atoms with Crippen molar-refractivity contribution in [1.29, 1.82) is 0 Å². The van der Waals surface area contributed by atoms with Gasteiger partial charge in [-0.2, -0.15) is 0 Å². The Hall–Kier alpha value is -1.23. The molecule has 0 aliphatic carbocycles. The molecule has 0 aliphatic heterocycles. The van der Waals surface area contributed by atoms with Gasteiger partial charge in [-0.1, -0.05) is 11.6 Å². The number of carbonyl (C=O) groups is 1. The summed E-state index contributed by atoms with van der Waals surface area (Å²) in [6.45, 7) is 1.46. The van der Waals surface area contributed by atoms with E-state index < -0.39 is 12.4 Å². The lowest BCUT2D eigenvalue weighted by Gasteiger charge is -2.08. The van der Waals surface area contributed by atoms with Crippen LogP contribution < -0.4 is 0 Å². The van der Waals surface area contributed by atoms with Gasteiger partial charge in [0.15, 0.2) is 0 Å². The number of ether oxygens (including phenoxy) is 1. The normalized spacial score (nSPS) is 10.6. The van der Waals surface area contributed by atoms with Gasteiger partial charge in [-0.15, -0.1) is 0 Å². The molecule has 0 atom stereocenters. The third kappa shape index (κ3) is 2.88. The van der Waals surface area contributed by atoms with Gasteiger partial charge in [0.1, 0.15) is 5.15 Å². The topological polar surface area (TPSA) is 39.2 Å². The van der Waals surface area contributed by atoms with Crippen LogP contribution >= 0.6 is 11.6 Å². The molecular weight excluding hydrogens is 240 g/mol. The predicted octanol–water partition coefficient (Wildman–Crippen LogP) is 2.70. The molecule has 0 aliphatic rings. The van der Waals surface area contributed by atoms with Crippen LogP contribution in [0.2, 0.25) is 5.15 Å². The van der Waals surface area contributed by atoms with Gasteiger partial charge in [0.2, 0.25) is 0 Å². The van der Waals surface area contributed by atoms with Crippen LogP contribution in [0.25, 0.3) is 0 Å². The fourth-order valence-electron chi connectivity index (χ4n) is 1.19. The first kappa shape index (κ1) is 12.8. The second-order valence-corrected chi connectivity index (χ2v) is 3.53. The molecule has 0 amide bonds. The van der Waals surface area contributed by atoms with E-state index in [1.807, 2.05) is 0 Å². The summed E-state index contributed by atoms with van der Waals surface area (Å²) < 4.78 is 29.6. The molecule has 1 rings (SSSR count). The maximum Gasteiger partial charge on any atom is 0.311 e. The Morgan fingerprint density at radius 2 is 2.25 bits per heavy atom. The molecule has 1 heterocycles. The number of methoxy groups -OCH3 is 1. The third-order valence-electron chi connectivity index (χ3n) is 2.09. The van der Waals surface area contributed by atoms with Gasteiger partial charge in [-0.25, -0.2) is 13.8 Å². The van der Waals surface area contributed by atoms with Gasteiger partial charge in [0.25, 0.3) is 6.43 Å². The Morgan fingerprint density at radius 1 is 1.62 bits per heavy atom. The zero-order valence-electron chi connectivity index (χ0n) is 8.76. The van der Waals surface area contributed by atoms with Crippen LogP contribution in [0.15, 0.2) is 6.07 Å². The van der Waals surface area contributed by atoms with E-state index in [0.29, 0.717) is 0 Å². The summed E-state index contributed by atoms with van der Waals surface area (Å²) in [7, 11) is 1.21. The lowest BCUT2D eigenvalue weighted by molar-refractivity contribution is -0.139. The van der Waals surface area contributed by atoms with E-state index in [4.69, 9.17) is 11.6 Å². The third-order valence-corrected chi connectivity index (χ3v) is 2.46. The molecule has 0 aromatic carbocycles. The molecule has 88 valence electrons. The number of pyridine rings is 1. The molecule has 1 aromatic rings. The van der Waals surface area contributed by atoms with Crippen molar-refractivity contribution in [2.24, 2.45) is 0 Å². The number of nitrogens with zero attached hydrogens (tertiary/aromatic N) is 1. The summed E-state index contributed by atoms with van der Waals surface area (Å²) in [5.41, 5.74) is 0.196. The van der Waals surface area contributed by atoms with Crippen LogP contribution in [0.1, 0.15) is 23.2 Å². The average molecular weight is 250 g/mol. The molecular formula is C10H10ClF2NO2. The first-order valence-electron chi connectivity index (χ1n) is 4.46. The van der Waals surface area contributed by atoms with Crippen LogP contribution in [-0.2, 0) is 16.0 Å². The second-order valence-electron chi connectivity index (χ2n) is 3.17. The fraction of sp³-hybridized carbons (Fsp3) is 0.400. The molecule has 16 heavy (non-hydrogen) atoms. The fourth-order valence-corrected chi connectivity index (χ4v) is 1.40. The van der Waals surface area contributed by atoms with E-state index in [-0.39, 0.29) is 28.4 Å². The van der Waals surface area contributed by atoms with Gasteiger partial charge in [-0.3, -0.25) is 4.79 Å². The van der Waals surface area contributed by atoms with Crippen molar-refractivity contribution >= 4 is 17.6 Å². The number of rotatable bonds is 3. The van der Waals surface area contributed by atoms with E-state index in [1.54, 1.807) is 0 Å². The Morgan fingerprint density at radius 3 is 2.75 bits per heavy atom. The van der Waals surface area contributed by atoms with Crippen LogP contribution in [0.4, 0.5) is 8.78 Å². The highest BCUT2D eigenvalue weighted by Crippen LogP contribution is 2.27. The monoisotopic (exact) mass is 249 g/mol. The predicted molar refractivity (Wildman–Crippen MR) is 54.7 cm³/mol. The van der Waals surface area contributed by atoms with Crippen molar-refractivity contribution in [3.8, 4) is 0 Å².